The van der Waals surface area contributed by atoms with Crippen molar-refractivity contribution in [1.29, 1.82) is 0 Å². The molecule has 0 spiro atoms. The van der Waals surface area contributed by atoms with Crippen LogP contribution < -0.4 is 0 Å². The number of nitrogens with one attached hydrogen (secondary N) is 1. The number of hydrogen-bond donors (Lipinski definition) is 2. The molecule has 0 bridgehead atoms. The first kappa shape index (κ1) is 15.2. The van der Waals surface area contributed by atoms with Crippen LogP contribution in [0.4, 0.5) is 0 Å². The van der Waals surface area contributed by atoms with Crippen molar-refractivity contribution in [2.24, 2.45) is 0 Å². The van der Waals surface area contributed by atoms with Gasteiger partial charge in [0.05, 0.1) is 18.3 Å². The minimum atomic E-state index is 0.0865. The Morgan fingerprint density at radius 2 is 2.00 bits per heavy atom. The van der Waals surface area contributed by atoms with Gasteiger partial charge in [-0.2, -0.15) is 5.10 Å². The van der Waals surface area contributed by atoms with Crippen LogP contribution in [0.25, 0.3) is 28.0 Å². The summed E-state index contributed by atoms with van der Waals surface area (Å²) >= 11 is 0. The Hall–Kier alpha value is -3.36. The topological polar surface area (TPSA) is 66.7 Å². The van der Waals surface area contributed by atoms with Gasteiger partial charge in [-0.3, -0.25) is 9.67 Å². The van der Waals surface area contributed by atoms with Gasteiger partial charge in [-0.15, -0.1) is 0 Å². The second-order valence-electron chi connectivity index (χ2n) is 5.62. The fourth-order valence-corrected chi connectivity index (χ4v) is 2.72. The lowest BCUT2D eigenvalue weighted by molar-refractivity contribution is 0.305. The van der Waals surface area contributed by atoms with E-state index >= 15 is 0 Å². The van der Waals surface area contributed by atoms with Crippen molar-refractivity contribution in [2.45, 2.75) is 6.42 Å². The molecule has 5 nitrogen and oxygen atoms in total. The van der Waals surface area contributed by atoms with E-state index in [-0.39, 0.29) is 6.61 Å². The number of fused-ring (bicyclic) bond motifs is 1. The van der Waals surface area contributed by atoms with E-state index in [1.165, 1.54) is 0 Å². The van der Waals surface area contributed by atoms with E-state index in [0.717, 1.165) is 33.5 Å². The molecule has 0 aliphatic carbocycles. The molecule has 0 radical (unpaired) electrons. The highest BCUT2D eigenvalue weighted by atomic mass is 16.2. The molecule has 0 atom stereocenters. The van der Waals surface area contributed by atoms with Gasteiger partial charge in [-0.1, -0.05) is 24.0 Å². The van der Waals surface area contributed by atoms with E-state index in [9.17, 15) is 0 Å². The molecule has 2 N–H and O–H groups in total. The zero-order valence-corrected chi connectivity index (χ0v) is 13.5. The van der Waals surface area contributed by atoms with Gasteiger partial charge >= 0.3 is 0 Å². The lowest BCUT2D eigenvalue weighted by Crippen LogP contribution is -1.96. The van der Waals surface area contributed by atoms with Crippen LogP contribution in [-0.2, 0) is 0 Å². The van der Waals surface area contributed by atoms with Gasteiger partial charge in [-0.25, -0.2) is 4.98 Å². The molecule has 0 amide bonds. The van der Waals surface area contributed by atoms with Crippen molar-refractivity contribution in [3.8, 4) is 28.9 Å². The van der Waals surface area contributed by atoms with Crippen LogP contribution in [0.2, 0.25) is 0 Å². The third kappa shape index (κ3) is 3.03. The Morgan fingerprint density at radius 1 is 1.12 bits per heavy atom. The third-order valence-electron chi connectivity index (χ3n) is 3.96. The molecule has 2 heterocycles. The van der Waals surface area contributed by atoms with Crippen LogP contribution in [0.15, 0.2) is 61.1 Å². The molecule has 4 aromatic rings. The van der Waals surface area contributed by atoms with E-state index in [4.69, 9.17) is 5.11 Å². The van der Waals surface area contributed by atoms with Crippen LogP contribution in [0.1, 0.15) is 12.0 Å². The normalized spacial score (nSPS) is 10.6. The molecule has 0 saturated heterocycles. The highest BCUT2D eigenvalue weighted by Gasteiger charge is 2.08. The molecule has 0 fully saturated rings. The smallest absolute Gasteiger partial charge is 0.144 e. The summed E-state index contributed by atoms with van der Waals surface area (Å²) in [6, 6.07) is 14.1. The van der Waals surface area contributed by atoms with Gasteiger partial charge in [0.1, 0.15) is 5.82 Å². The maximum absolute atomic E-state index is 8.78. The molecule has 0 aliphatic heterocycles. The molecule has 2 aromatic carbocycles. The van der Waals surface area contributed by atoms with Crippen molar-refractivity contribution in [2.75, 3.05) is 6.61 Å². The first-order chi connectivity index (χ1) is 12.3. The molecule has 4 rings (SSSR count). The van der Waals surface area contributed by atoms with Crippen LogP contribution in [0.5, 0.6) is 0 Å². The van der Waals surface area contributed by atoms with E-state index in [1.54, 1.807) is 6.20 Å². The summed E-state index contributed by atoms with van der Waals surface area (Å²) in [6.07, 6.45) is 6.04. The Morgan fingerprint density at radius 3 is 2.84 bits per heavy atom. The Bertz CT molecular complexity index is 1060. The second-order valence-corrected chi connectivity index (χ2v) is 5.62. The predicted octanol–water partition coefficient (Wildman–Crippen LogP) is 3.15. The van der Waals surface area contributed by atoms with E-state index in [2.05, 4.69) is 39.2 Å². The zero-order valence-electron chi connectivity index (χ0n) is 13.5. The lowest BCUT2D eigenvalue weighted by atomic mass is 10.1. The quantitative estimate of drug-likeness (QED) is 0.568. The summed E-state index contributed by atoms with van der Waals surface area (Å²) in [5, 5.41) is 16.9. The zero-order chi connectivity index (χ0) is 17.1. The van der Waals surface area contributed by atoms with Gasteiger partial charge in [0.25, 0.3) is 0 Å². The maximum atomic E-state index is 8.78. The summed E-state index contributed by atoms with van der Waals surface area (Å²) in [7, 11) is 0. The molecule has 0 aliphatic rings. The van der Waals surface area contributed by atoms with E-state index < -0.39 is 0 Å². The lowest BCUT2D eigenvalue weighted by Gasteiger charge is -2.08. The molecular weight excluding hydrogens is 312 g/mol. The Kier molecular flexibility index (Phi) is 4.03. The van der Waals surface area contributed by atoms with Gasteiger partial charge in [0, 0.05) is 41.0 Å². The second kappa shape index (κ2) is 6.63. The van der Waals surface area contributed by atoms with Gasteiger partial charge < -0.3 is 5.11 Å². The average molecular weight is 328 g/mol. The summed E-state index contributed by atoms with van der Waals surface area (Å²) in [5.41, 5.74) is 3.96. The third-order valence-corrected chi connectivity index (χ3v) is 3.96. The molecular formula is C20H16N4O. The SMILES string of the molecule is OCCC#Cc1ccc(-c2nccn2-c2ccc3cn[nH]c3c2)cc1. The maximum Gasteiger partial charge on any atom is 0.144 e. The highest BCUT2D eigenvalue weighted by molar-refractivity contribution is 5.80. The van der Waals surface area contributed by atoms with Crippen molar-refractivity contribution in [3.63, 3.8) is 0 Å². The molecule has 0 unspecified atom stereocenters. The number of H-pyrrole nitrogens is 1. The molecule has 25 heavy (non-hydrogen) atoms. The molecule has 122 valence electrons. The van der Waals surface area contributed by atoms with Crippen LogP contribution in [0, 0.1) is 11.8 Å². The first-order valence-electron chi connectivity index (χ1n) is 8.02. The number of nitrogens with zero attached hydrogens (tertiary/aromatic N) is 3. The number of aromatic nitrogens is 4. The van der Waals surface area contributed by atoms with Crippen molar-refractivity contribution in [3.05, 3.63) is 66.6 Å². The minimum absolute atomic E-state index is 0.0865. The first-order valence-corrected chi connectivity index (χ1v) is 8.02. The van der Waals surface area contributed by atoms with Crippen molar-refractivity contribution in [1.82, 2.24) is 19.7 Å². The number of aliphatic hydroxyl groups is 1. The number of aliphatic hydroxyl groups excluding tert-OH is 1. The summed E-state index contributed by atoms with van der Waals surface area (Å²) in [4.78, 5) is 4.50. The number of imidazole rings is 1. The van der Waals surface area contributed by atoms with E-state index in [1.807, 2.05) is 47.3 Å². The fourth-order valence-electron chi connectivity index (χ4n) is 2.72. The molecule has 0 saturated carbocycles. The van der Waals surface area contributed by atoms with Crippen LogP contribution in [-0.4, -0.2) is 31.5 Å². The number of benzene rings is 2. The summed E-state index contributed by atoms with van der Waals surface area (Å²) < 4.78 is 2.05. The Balaban J connectivity index is 1.68. The molecule has 2 aromatic heterocycles. The number of hydrogen-bond acceptors (Lipinski definition) is 3. The fraction of sp³-hybridized carbons (Fsp3) is 0.100. The van der Waals surface area contributed by atoms with Crippen molar-refractivity contribution >= 4 is 10.9 Å². The Labute approximate surface area is 145 Å². The van der Waals surface area contributed by atoms with Gasteiger partial charge in [-0.05, 0) is 30.3 Å². The summed E-state index contributed by atoms with van der Waals surface area (Å²) in [6.45, 7) is 0.0865. The predicted molar refractivity (Wildman–Crippen MR) is 97.2 cm³/mol. The van der Waals surface area contributed by atoms with Gasteiger partial charge in [0.15, 0.2) is 0 Å². The monoisotopic (exact) mass is 328 g/mol. The van der Waals surface area contributed by atoms with Crippen molar-refractivity contribution < 1.29 is 5.11 Å². The summed E-state index contributed by atoms with van der Waals surface area (Å²) in [5.74, 6) is 6.83. The number of rotatable bonds is 3. The van der Waals surface area contributed by atoms with E-state index in [0.29, 0.717) is 6.42 Å². The van der Waals surface area contributed by atoms with Gasteiger partial charge in [0.2, 0.25) is 0 Å². The van der Waals surface area contributed by atoms with Crippen LogP contribution >= 0.6 is 0 Å². The average Bonchev–Trinajstić information content (AvgIpc) is 3.31. The molecule has 5 heteroatoms. The number of aromatic amines is 1. The largest absolute Gasteiger partial charge is 0.395 e. The highest BCUT2D eigenvalue weighted by Crippen LogP contribution is 2.23. The van der Waals surface area contributed by atoms with Crippen LogP contribution in [0.3, 0.4) is 0 Å². The standard InChI is InChI=1S/C20H16N4O/c25-12-2-1-3-15-4-6-16(7-5-15)20-21-10-11-24(20)18-9-8-17-14-22-23-19(17)13-18/h4-11,13-14,25H,2,12H2,(H,22,23). The minimum Gasteiger partial charge on any atom is -0.395 e.